The molecule has 2 unspecified atom stereocenters. The van der Waals surface area contributed by atoms with Crippen LogP contribution in [0.2, 0.25) is 5.02 Å². The number of rotatable bonds is 4. The minimum Gasteiger partial charge on any atom is -0.379 e. The Labute approximate surface area is 141 Å². The van der Waals surface area contributed by atoms with Crippen molar-refractivity contribution in [3.05, 3.63) is 21.3 Å². The first-order valence-electron chi connectivity index (χ1n) is 7.96. The molecule has 2 aliphatic heterocycles. The Morgan fingerprint density at radius 2 is 2.18 bits per heavy atom. The molecule has 1 aromatic heterocycles. The highest BCUT2D eigenvalue weighted by molar-refractivity contribution is 7.10. The fourth-order valence-corrected chi connectivity index (χ4v) is 4.49. The van der Waals surface area contributed by atoms with Gasteiger partial charge in [-0.15, -0.1) is 11.3 Å². The Morgan fingerprint density at radius 3 is 2.86 bits per heavy atom. The van der Waals surface area contributed by atoms with Crippen LogP contribution in [0.15, 0.2) is 11.4 Å². The fourth-order valence-electron chi connectivity index (χ4n) is 3.41. The lowest BCUT2D eigenvalue weighted by molar-refractivity contribution is -0.130. The normalized spacial score (nSPS) is 26.5. The summed E-state index contributed by atoms with van der Waals surface area (Å²) < 4.78 is 5.43. The number of thiophene rings is 1. The van der Waals surface area contributed by atoms with Crippen molar-refractivity contribution >= 4 is 28.8 Å². The second kappa shape index (κ2) is 7.30. The third-order valence-electron chi connectivity index (χ3n) is 4.65. The van der Waals surface area contributed by atoms with Gasteiger partial charge >= 0.3 is 0 Å². The number of hydrogen-bond acceptors (Lipinski definition) is 4. The maximum atomic E-state index is 12.5. The molecule has 0 radical (unpaired) electrons. The molecular weight excluding hydrogens is 320 g/mol. The Morgan fingerprint density at radius 1 is 1.41 bits per heavy atom. The number of carbonyl (C=O) groups is 1. The molecule has 2 atom stereocenters. The van der Waals surface area contributed by atoms with E-state index in [9.17, 15) is 4.79 Å². The van der Waals surface area contributed by atoms with Crippen LogP contribution in [0.4, 0.5) is 0 Å². The van der Waals surface area contributed by atoms with E-state index in [2.05, 4.69) is 11.8 Å². The van der Waals surface area contributed by atoms with E-state index in [1.54, 1.807) is 11.3 Å². The maximum absolute atomic E-state index is 12.5. The molecule has 3 heterocycles. The Bertz CT molecular complexity index is 516. The van der Waals surface area contributed by atoms with E-state index in [4.69, 9.17) is 16.3 Å². The van der Waals surface area contributed by atoms with Crippen molar-refractivity contribution in [1.82, 2.24) is 9.80 Å². The zero-order valence-corrected chi connectivity index (χ0v) is 14.5. The zero-order valence-electron chi connectivity index (χ0n) is 13.0. The van der Waals surface area contributed by atoms with Crippen molar-refractivity contribution < 1.29 is 9.53 Å². The molecule has 22 heavy (non-hydrogen) atoms. The van der Waals surface area contributed by atoms with Crippen LogP contribution in [-0.4, -0.2) is 61.1 Å². The summed E-state index contributed by atoms with van der Waals surface area (Å²) in [5, 5.41) is 2.70. The molecule has 1 amide bonds. The van der Waals surface area contributed by atoms with E-state index in [1.165, 1.54) is 4.88 Å². The molecule has 6 heteroatoms. The minimum absolute atomic E-state index is 0.270. The number of likely N-dealkylation sites (tertiary alicyclic amines) is 1. The Kier molecular flexibility index (Phi) is 5.39. The van der Waals surface area contributed by atoms with Crippen LogP contribution in [0.3, 0.4) is 0 Å². The van der Waals surface area contributed by atoms with Gasteiger partial charge in [0.1, 0.15) is 0 Å². The molecule has 0 N–H and O–H groups in total. The molecule has 0 bridgehead atoms. The van der Waals surface area contributed by atoms with Gasteiger partial charge in [-0.3, -0.25) is 9.69 Å². The first kappa shape index (κ1) is 16.2. The number of amides is 1. The highest BCUT2D eigenvalue weighted by Crippen LogP contribution is 2.25. The zero-order chi connectivity index (χ0) is 15.5. The van der Waals surface area contributed by atoms with Gasteiger partial charge in [0.25, 0.3) is 0 Å². The molecule has 122 valence electrons. The molecule has 1 aromatic rings. The topological polar surface area (TPSA) is 32.8 Å². The van der Waals surface area contributed by atoms with E-state index < -0.39 is 0 Å². The van der Waals surface area contributed by atoms with Crippen LogP contribution in [0.5, 0.6) is 0 Å². The van der Waals surface area contributed by atoms with Gasteiger partial charge < -0.3 is 9.64 Å². The third kappa shape index (κ3) is 3.82. The van der Waals surface area contributed by atoms with Gasteiger partial charge in [-0.25, -0.2) is 0 Å². The molecule has 4 nitrogen and oxygen atoms in total. The molecule has 0 aliphatic carbocycles. The first-order valence-corrected chi connectivity index (χ1v) is 9.21. The highest BCUT2D eigenvalue weighted by Gasteiger charge is 2.36. The van der Waals surface area contributed by atoms with E-state index in [0.29, 0.717) is 18.4 Å². The standard InChI is InChI=1S/C16H23ClN2O2S/c1-12-9-19(10-15(12)18-4-6-21-7-5-18)16(20)3-2-14-8-13(17)11-22-14/h8,11-12,15H,2-7,9-10H2,1H3. The maximum Gasteiger partial charge on any atom is 0.222 e. The first-order chi connectivity index (χ1) is 10.6. The number of aryl methyl sites for hydroxylation is 1. The predicted octanol–water partition coefficient (Wildman–Crippen LogP) is 2.51. The van der Waals surface area contributed by atoms with E-state index in [-0.39, 0.29) is 5.91 Å². The van der Waals surface area contributed by atoms with Gasteiger partial charge in [0.15, 0.2) is 0 Å². The molecule has 0 spiro atoms. The Hall–Kier alpha value is -0.620. The number of morpholine rings is 1. The second-order valence-electron chi connectivity index (χ2n) is 6.22. The summed E-state index contributed by atoms with van der Waals surface area (Å²) in [6.07, 6.45) is 1.38. The van der Waals surface area contributed by atoms with Gasteiger partial charge in [0, 0.05) is 48.9 Å². The smallest absolute Gasteiger partial charge is 0.222 e. The highest BCUT2D eigenvalue weighted by atomic mass is 35.5. The Balaban J connectivity index is 1.51. The molecule has 3 rings (SSSR count). The lowest BCUT2D eigenvalue weighted by Crippen LogP contribution is -2.47. The summed E-state index contributed by atoms with van der Waals surface area (Å²) in [5.74, 6) is 0.811. The van der Waals surface area contributed by atoms with Crippen LogP contribution in [0, 0.1) is 5.92 Å². The SMILES string of the molecule is CC1CN(C(=O)CCc2cc(Cl)cs2)CC1N1CCOCC1. The summed E-state index contributed by atoms with van der Waals surface area (Å²) in [4.78, 5) is 18.2. The summed E-state index contributed by atoms with van der Waals surface area (Å²) in [6, 6.07) is 2.45. The van der Waals surface area contributed by atoms with Crippen molar-refractivity contribution in [2.24, 2.45) is 5.92 Å². The molecule has 2 fully saturated rings. The van der Waals surface area contributed by atoms with E-state index in [0.717, 1.165) is 50.8 Å². The largest absolute Gasteiger partial charge is 0.379 e. The number of carbonyl (C=O) groups excluding carboxylic acids is 1. The molecule has 0 saturated carbocycles. The van der Waals surface area contributed by atoms with Crippen molar-refractivity contribution in [3.8, 4) is 0 Å². The summed E-state index contributed by atoms with van der Waals surface area (Å²) in [6.45, 7) is 7.62. The van der Waals surface area contributed by atoms with Gasteiger partial charge in [0.2, 0.25) is 5.91 Å². The summed E-state index contributed by atoms with van der Waals surface area (Å²) in [7, 11) is 0. The predicted molar refractivity (Wildman–Crippen MR) is 89.6 cm³/mol. The fraction of sp³-hybridized carbons (Fsp3) is 0.688. The second-order valence-corrected chi connectivity index (χ2v) is 7.66. The molecule has 0 aromatic carbocycles. The van der Waals surface area contributed by atoms with Crippen LogP contribution in [0.1, 0.15) is 18.2 Å². The molecule has 2 aliphatic rings. The van der Waals surface area contributed by atoms with Crippen molar-refractivity contribution in [3.63, 3.8) is 0 Å². The quantitative estimate of drug-likeness (QED) is 0.843. The van der Waals surface area contributed by atoms with Gasteiger partial charge in [-0.2, -0.15) is 0 Å². The van der Waals surface area contributed by atoms with Crippen molar-refractivity contribution in [2.75, 3.05) is 39.4 Å². The minimum atomic E-state index is 0.270. The monoisotopic (exact) mass is 342 g/mol. The lowest BCUT2D eigenvalue weighted by atomic mass is 10.0. The van der Waals surface area contributed by atoms with E-state index >= 15 is 0 Å². The average Bonchev–Trinajstić information content (AvgIpc) is 3.12. The average molecular weight is 343 g/mol. The third-order valence-corrected chi connectivity index (χ3v) is 5.99. The van der Waals surface area contributed by atoms with Crippen molar-refractivity contribution in [1.29, 1.82) is 0 Å². The number of halogens is 1. The number of hydrogen-bond donors (Lipinski definition) is 0. The van der Waals surface area contributed by atoms with Crippen LogP contribution in [0.25, 0.3) is 0 Å². The van der Waals surface area contributed by atoms with Crippen LogP contribution in [-0.2, 0) is 16.0 Å². The van der Waals surface area contributed by atoms with Gasteiger partial charge in [-0.05, 0) is 18.4 Å². The van der Waals surface area contributed by atoms with Crippen LogP contribution < -0.4 is 0 Å². The number of ether oxygens (including phenoxy) is 1. The van der Waals surface area contributed by atoms with Gasteiger partial charge in [-0.1, -0.05) is 18.5 Å². The number of nitrogens with zero attached hydrogens (tertiary/aromatic N) is 2. The molecule has 2 saturated heterocycles. The summed E-state index contributed by atoms with van der Waals surface area (Å²) >= 11 is 7.56. The van der Waals surface area contributed by atoms with Gasteiger partial charge in [0.05, 0.1) is 18.2 Å². The van der Waals surface area contributed by atoms with E-state index in [1.807, 2.05) is 16.3 Å². The lowest BCUT2D eigenvalue weighted by Gasteiger charge is -2.34. The molecular formula is C16H23ClN2O2S. The van der Waals surface area contributed by atoms with Crippen LogP contribution >= 0.6 is 22.9 Å². The van der Waals surface area contributed by atoms with Crippen molar-refractivity contribution in [2.45, 2.75) is 25.8 Å². The summed E-state index contributed by atoms with van der Waals surface area (Å²) in [5.41, 5.74) is 0.